The van der Waals surface area contributed by atoms with E-state index in [1.165, 1.54) is 30.4 Å². The molecule has 1 aliphatic rings. The van der Waals surface area contributed by atoms with Gasteiger partial charge in [-0.05, 0) is 66.1 Å². The predicted molar refractivity (Wildman–Crippen MR) is 80.5 cm³/mol. The molecule has 1 aliphatic carbocycles. The third-order valence-corrected chi connectivity index (χ3v) is 4.05. The first-order valence-corrected chi connectivity index (χ1v) is 7.07. The zero-order valence-electron chi connectivity index (χ0n) is 11.7. The number of fused-ring (bicyclic) bond motifs is 1. The third-order valence-electron chi connectivity index (χ3n) is 4.05. The summed E-state index contributed by atoms with van der Waals surface area (Å²) in [4.78, 5) is 11.3. The first kappa shape index (κ1) is 12.9. The highest BCUT2D eigenvalue weighted by Crippen LogP contribution is 2.30. The number of methoxy groups -OCH3 is 1. The fourth-order valence-electron chi connectivity index (χ4n) is 2.93. The smallest absolute Gasteiger partial charge is 0.150 e. The lowest BCUT2D eigenvalue weighted by molar-refractivity contribution is 0.112. The first-order valence-electron chi connectivity index (χ1n) is 7.07. The summed E-state index contributed by atoms with van der Waals surface area (Å²) in [5, 5.41) is 0. The molecule has 0 aliphatic heterocycles. The topological polar surface area (TPSA) is 26.3 Å². The van der Waals surface area contributed by atoms with Gasteiger partial charge in [0.15, 0.2) is 6.29 Å². The van der Waals surface area contributed by atoms with Gasteiger partial charge in [0, 0.05) is 5.56 Å². The van der Waals surface area contributed by atoms with E-state index in [4.69, 9.17) is 4.74 Å². The van der Waals surface area contributed by atoms with E-state index in [1.54, 1.807) is 13.2 Å². The lowest BCUT2D eigenvalue weighted by Crippen LogP contribution is -2.02. The van der Waals surface area contributed by atoms with Gasteiger partial charge in [0.05, 0.1) is 7.11 Å². The molecule has 0 radical (unpaired) electrons. The van der Waals surface area contributed by atoms with Crippen LogP contribution in [0.4, 0.5) is 0 Å². The van der Waals surface area contributed by atoms with Crippen LogP contribution in [0.3, 0.4) is 0 Å². The number of hydrogen-bond donors (Lipinski definition) is 0. The Morgan fingerprint density at radius 3 is 2.55 bits per heavy atom. The molecule has 0 atom stereocenters. The Bertz CT molecular complexity index is 644. The molecule has 0 fully saturated rings. The van der Waals surface area contributed by atoms with Crippen molar-refractivity contribution in [3.63, 3.8) is 0 Å². The number of ether oxygens (including phenoxy) is 1. The fourth-order valence-corrected chi connectivity index (χ4v) is 2.93. The van der Waals surface area contributed by atoms with Crippen LogP contribution < -0.4 is 4.74 Å². The van der Waals surface area contributed by atoms with E-state index in [1.807, 2.05) is 12.1 Å². The second kappa shape index (κ2) is 5.49. The van der Waals surface area contributed by atoms with Crippen molar-refractivity contribution in [3.8, 4) is 16.9 Å². The molecule has 2 aromatic carbocycles. The van der Waals surface area contributed by atoms with Gasteiger partial charge < -0.3 is 4.74 Å². The summed E-state index contributed by atoms with van der Waals surface area (Å²) in [6, 6.07) is 12.2. The van der Waals surface area contributed by atoms with Gasteiger partial charge in [0.1, 0.15) is 5.75 Å². The Labute approximate surface area is 119 Å². The Morgan fingerprint density at radius 2 is 1.80 bits per heavy atom. The van der Waals surface area contributed by atoms with E-state index < -0.39 is 0 Å². The number of benzene rings is 2. The highest BCUT2D eigenvalue weighted by molar-refractivity contribution is 5.88. The van der Waals surface area contributed by atoms with Crippen molar-refractivity contribution >= 4 is 6.29 Å². The van der Waals surface area contributed by atoms with Crippen LogP contribution in [0.25, 0.3) is 11.1 Å². The highest BCUT2D eigenvalue weighted by Gasteiger charge is 2.12. The van der Waals surface area contributed by atoms with E-state index in [9.17, 15) is 4.79 Å². The quantitative estimate of drug-likeness (QED) is 0.783. The fraction of sp³-hybridized carbons (Fsp3) is 0.278. The first-order chi connectivity index (χ1) is 9.81. The minimum absolute atomic E-state index is 0.681. The molecule has 2 heteroatoms. The van der Waals surface area contributed by atoms with Gasteiger partial charge in [-0.1, -0.05) is 18.2 Å². The summed E-state index contributed by atoms with van der Waals surface area (Å²) in [5.74, 6) is 0.716. The van der Waals surface area contributed by atoms with Gasteiger partial charge >= 0.3 is 0 Å². The lowest BCUT2D eigenvalue weighted by atomic mass is 9.88. The van der Waals surface area contributed by atoms with E-state index in [0.717, 1.165) is 23.8 Å². The Hall–Kier alpha value is -2.09. The molecule has 2 nitrogen and oxygen atoms in total. The predicted octanol–water partition coefficient (Wildman–Crippen LogP) is 4.05. The maximum Gasteiger partial charge on any atom is 0.150 e. The van der Waals surface area contributed by atoms with Crippen LogP contribution in [0.2, 0.25) is 0 Å². The van der Waals surface area contributed by atoms with Crippen molar-refractivity contribution in [1.82, 2.24) is 0 Å². The monoisotopic (exact) mass is 266 g/mol. The van der Waals surface area contributed by atoms with Crippen molar-refractivity contribution in [3.05, 3.63) is 53.1 Å². The van der Waals surface area contributed by atoms with Gasteiger partial charge in [-0.3, -0.25) is 4.79 Å². The van der Waals surface area contributed by atoms with Gasteiger partial charge in [-0.15, -0.1) is 0 Å². The summed E-state index contributed by atoms with van der Waals surface area (Å²) in [7, 11) is 1.61. The van der Waals surface area contributed by atoms with Gasteiger partial charge in [0.2, 0.25) is 0 Å². The minimum atomic E-state index is 0.681. The SMILES string of the molecule is COc1ccc(-c2ccc3c(c2)CCCC3)c(C=O)c1. The van der Waals surface area contributed by atoms with E-state index >= 15 is 0 Å². The molecule has 102 valence electrons. The van der Waals surface area contributed by atoms with Crippen molar-refractivity contribution in [2.75, 3.05) is 7.11 Å². The molecule has 0 unspecified atom stereocenters. The van der Waals surface area contributed by atoms with E-state index in [-0.39, 0.29) is 0 Å². The Balaban J connectivity index is 2.06. The minimum Gasteiger partial charge on any atom is -0.497 e. The molecule has 0 saturated heterocycles. The average molecular weight is 266 g/mol. The second-order valence-electron chi connectivity index (χ2n) is 5.26. The van der Waals surface area contributed by atoms with E-state index in [0.29, 0.717) is 11.3 Å². The number of aldehydes is 1. The normalized spacial score (nSPS) is 13.7. The molecular weight excluding hydrogens is 248 g/mol. The maximum atomic E-state index is 11.3. The molecule has 20 heavy (non-hydrogen) atoms. The second-order valence-corrected chi connectivity index (χ2v) is 5.26. The largest absolute Gasteiger partial charge is 0.497 e. The number of hydrogen-bond acceptors (Lipinski definition) is 2. The average Bonchev–Trinajstić information content (AvgIpc) is 2.53. The van der Waals surface area contributed by atoms with Crippen LogP contribution in [-0.4, -0.2) is 13.4 Å². The summed E-state index contributed by atoms with van der Waals surface area (Å²) in [6.45, 7) is 0. The van der Waals surface area contributed by atoms with Crippen LogP contribution in [0.5, 0.6) is 5.75 Å². The standard InChI is InChI=1S/C18H18O2/c1-20-17-8-9-18(16(11-17)12-19)15-7-6-13-4-2-3-5-14(13)10-15/h6-12H,2-5H2,1H3. The zero-order chi connectivity index (χ0) is 13.9. The van der Waals surface area contributed by atoms with Crippen LogP contribution in [0.15, 0.2) is 36.4 Å². The maximum absolute atomic E-state index is 11.3. The van der Waals surface area contributed by atoms with Crippen molar-refractivity contribution < 1.29 is 9.53 Å². The van der Waals surface area contributed by atoms with Crippen LogP contribution >= 0.6 is 0 Å². The van der Waals surface area contributed by atoms with Crippen LogP contribution in [0.1, 0.15) is 34.3 Å². The summed E-state index contributed by atoms with van der Waals surface area (Å²) in [6.07, 6.45) is 5.78. The number of carbonyl (C=O) groups is 1. The summed E-state index contributed by atoms with van der Waals surface area (Å²) >= 11 is 0. The van der Waals surface area contributed by atoms with Crippen molar-refractivity contribution in [1.29, 1.82) is 0 Å². The van der Waals surface area contributed by atoms with E-state index in [2.05, 4.69) is 18.2 Å². The van der Waals surface area contributed by atoms with Crippen LogP contribution in [-0.2, 0) is 12.8 Å². The molecule has 0 saturated carbocycles. The third kappa shape index (κ3) is 2.34. The molecule has 0 bridgehead atoms. The number of carbonyl (C=O) groups excluding carboxylic acids is 1. The molecule has 0 heterocycles. The molecule has 0 spiro atoms. The Morgan fingerprint density at radius 1 is 1.00 bits per heavy atom. The van der Waals surface area contributed by atoms with Crippen molar-refractivity contribution in [2.24, 2.45) is 0 Å². The van der Waals surface area contributed by atoms with Gasteiger partial charge in [-0.2, -0.15) is 0 Å². The molecular formula is C18H18O2. The molecule has 0 aromatic heterocycles. The molecule has 3 rings (SSSR count). The van der Waals surface area contributed by atoms with Gasteiger partial charge in [0.25, 0.3) is 0 Å². The number of rotatable bonds is 3. The molecule has 0 amide bonds. The molecule has 2 aromatic rings. The van der Waals surface area contributed by atoms with Gasteiger partial charge in [-0.25, -0.2) is 0 Å². The summed E-state index contributed by atoms with van der Waals surface area (Å²) in [5.41, 5.74) is 5.67. The summed E-state index contributed by atoms with van der Waals surface area (Å²) < 4.78 is 5.18. The number of aryl methyl sites for hydroxylation is 2. The zero-order valence-corrected chi connectivity index (χ0v) is 11.7. The van der Waals surface area contributed by atoms with Crippen LogP contribution in [0, 0.1) is 0 Å². The Kier molecular flexibility index (Phi) is 3.55. The lowest BCUT2D eigenvalue weighted by Gasteiger charge is -2.17. The molecule has 0 N–H and O–H groups in total. The highest BCUT2D eigenvalue weighted by atomic mass is 16.5. The van der Waals surface area contributed by atoms with Crippen molar-refractivity contribution in [2.45, 2.75) is 25.7 Å².